The largest absolute Gasteiger partial charge is 0.394 e. The molecule has 0 saturated carbocycles. The van der Waals surface area contributed by atoms with E-state index in [1.54, 1.807) is 26.9 Å². The molecule has 3 aliphatic rings. The van der Waals surface area contributed by atoms with Crippen LogP contribution in [0.2, 0.25) is 0 Å². The summed E-state index contributed by atoms with van der Waals surface area (Å²) in [6, 6.07) is 25.0. The molecule has 3 aliphatic heterocycles. The summed E-state index contributed by atoms with van der Waals surface area (Å²) in [7, 11) is 0. The molecule has 262 valence electrons. The first-order chi connectivity index (χ1) is 24.3. The molecule has 6 rings (SSSR count). The number of amides is 3. The Hall–Kier alpha value is -4.73. The number of hydrogen-bond donors (Lipinski definition) is 1. The fourth-order valence-electron chi connectivity index (χ4n) is 8.45. The number of aliphatic hydroxyl groups is 1. The predicted molar refractivity (Wildman–Crippen MR) is 197 cm³/mol. The first-order valence-electron chi connectivity index (χ1n) is 17.7. The van der Waals surface area contributed by atoms with Crippen molar-refractivity contribution < 1.29 is 24.2 Å². The van der Waals surface area contributed by atoms with E-state index in [1.165, 1.54) is 0 Å². The van der Waals surface area contributed by atoms with Crippen LogP contribution in [-0.4, -0.2) is 84.3 Å². The van der Waals surface area contributed by atoms with Crippen LogP contribution in [0.1, 0.15) is 32.3 Å². The van der Waals surface area contributed by atoms with Gasteiger partial charge in [-0.25, -0.2) is 0 Å². The summed E-state index contributed by atoms with van der Waals surface area (Å²) in [5, 5.41) is 10.9. The van der Waals surface area contributed by atoms with Crippen LogP contribution in [-0.2, 0) is 25.5 Å². The van der Waals surface area contributed by atoms with Crippen molar-refractivity contribution in [1.29, 1.82) is 0 Å². The maximum Gasteiger partial charge on any atom is 0.253 e. The van der Waals surface area contributed by atoms with Gasteiger partial charge in [0.05, 0.1) is 30.6 Å². The molecule has 3 aromatic rings. The van der Waals surface area contributed by atoms with Crippen molar-refractivity contribution in [3.8, 4) is 0 Å². The zero-order chi connectivity index (χ0) is 35.4. The zero-order valence-corrected chi connectivity index (χ0v) is 29.1. The predicted octanol–water partition coefficient (Wildman–Crippen LogP) is 5.25. The van der Waals surface area contributed by atoms with Crippen molar-refractivity contribution in [2.45, 2.75) is 56.9 Å². The molecule has 3 amide bonds. The lowest BCUT2D eigenvalue weighted by Crippen LogP contribution is -2.59. The summed E-state index contributed by atoms with van der Waals surface area (Å²) in [5.41, 5.74) is 2.11. The van der Waals surface area contributed by atoms with Crippen LogP contribution < -0.4 is 14.7 Å². The smallest absolute Gasteiger partial charge is 0.253 e. The number of ether oxygens (including phenoxy) is 1. The summed E-state index contributed by atoms with van der Waals surface area (Å²) >= 11 is 0. The molecule has 2 unspecified atom stereocenters. The Morgan fingerprint density at radius 3 is 2.02 bits per heavy atom. The highest BCUT2D eigenvalue weighted by molar-refractivity contribution is 6.06. The van der Waals surface area contributed by atoms with E-state index < -0.39 is 35.6 Å². The third-order valence-electron chi connectivity index (χ3n) is 10.7. The lowest BCUT2D eigenvalue weighted by Gasteiger charge is -2.39. The topological polar surface area (TPSA) is 93.6 Å². The molecule has 3 heterocycles. The number of benzene rings is 3. The van der Waals surface area contributed by atoms with E-state index in [1.807, 2.05) is 84.9 Å². The van der Waals surface area contributed by atoms with E-state index in [2.05, 4.69) is 31.9 Å². The number of carbonyl (C=O) groups excluding carboxylic acids is 3. The fourth-order valence-corrected chi connectivity index (χ4v) is 8.45. The van der Waals surface area contributed by atoms with Gasteiger partial charge in [0, 0.05) is 43.2 Å². The van der Waals surface area contributed by atoms with Crippen molar-refractivity contribution in [3.63, 3.8) is 0 Å². The summed E-state index contributed by atoms with van der Waals surface area (Å²) in [6.45, 7) is 13.8. The summed E-state index contributed by atoms with van der Waals surface area (Å²) < 4.78 is 6.81. The molecule has 3 aromatic carbocycles. The van der Waals surface area contributed by atoms with Crippen LogP contribution in [0.3, 0.4) is 0 Å². The fraction of sp³-hybridized carbons (Fsp3) is 0.390. The van der Waals surface area contributed by atoms with Gasteiger partial charge in [0.15, 0.2) is 0 Å². The lowest BCUT2D eigenvalue weighted by molar-refractivity contribution is -0.144. The summed E-state index contributed by atoms with van der Waals surface area (Å²) in [5.74, 6) is -2.57. The van der Waals surface area contributed by atoms with E-state index in [0.29, 0.717) is 30.6 Å². The minimum Gasteiger partial charge on any atom is -0.394 e. The number of rotatable bonds is 15. The second-order valence-electron chi connectivity index (χ2n) is 13.3. The average Bonchev–Trinajstić information content (AvgIpc) is 3.80. The van der Waals surface area contributed by atoms with E-state index in [9.17, 15) is 14.7 Å². The van der Waals surface area contributed by atoms with Crippen LogP contribution in [0, 0.1) is 11.8 Å². The zero-order valence-electron chi connectivity index (χ0n) is 29.1. The molecular formula is C41H48N4O5. The standard InChI is InChI=1S/C41H48N4O5/c1-5-25-43(31-17-13-10-14-18-31)38(47)35-34-23-24-41(50-34)36(35)39(48)45(33(28-46)27-29-15-11-9-12-16-29)37(41)40(49)44(26-6-2)32-21-19-30(20-22-32)42(7-3)8-4/h5-6,9-22,33-37,46H,1-2,7-8,23-28H2,3-4H3/t33-,34-,35+,36+,37?,41?/m1/s1. The highest BCUT2D eigenvalue weighted by atomic mass is 16.5. The number of likely N-dealkylation sites (tertiary alicyclic amines) is 1. The summed E-state index contributed by atoms with van der Waals surface area (Å²) in [6.07, 6.45) is 4.15. The van der Waals surface area contributed by atoms with Gasteiger partial charge in [-0.05, 0) is 75.1 Å². The molecule has 0 radical (unpaired) electrons. The van der Waals surface area contributed by atoms with Crippen molar-refractivity contribution >= 4 is 34.8 Å². The molecule has 1 N–H and O–H groups in total. The van der Waals surface area contributed by atoms with Gasteiger partial charge in [-0.3, -0.25) is 14.4 Å². The number of para-hydroxylation sites is 1. The molecule has 50 heavy (non-hydrogen) atoms. The number of anilines is 3. The van der Waals surface area contributed by atoms with Crippen molar-refractivity contribution in [3.05, 3.63) is 116 Å². The first-order valence-corrected chi connectivity index (χ1v) is 17.7. The maximum atomic E-state index is 15.2. The number of carbonyl (C=O) groups is 3. The van der Waals surface area contributed by atoms with Gasteiger partial charge in [0.1, 0.15) is 11.6 Å². The van der Waals surface area contributed by atoms with E-state index in [4.69, 9.17) is 4.74 Å². The molecule has 6 atom stereocenters. The van der Waals surface area contributed by atoms with Gasteiger partial charge in [-0.15, -0.1) is 13.2 Å². The molecule has 1 spiro atoms. The molecule has 2 bridgehead atoms. The maximum absolute atomic E-state index is 15.2. The van der Waals surface area contributed by atoms with E-state index in [-0.39, 0.29) is 37.4 Å². The molecule has 3 fully saturated rings. The number of aliphatic hydroxyl groups excluding tert-OH is 1. The molecule has 9 nitrogen and oxygen atoms in total. The molecule has 3 saturated heterocycles. The van der Waals surface area contributed by atoms with Crippen molar-refractivity contribution in [2.24, 2.45) is 11.8 Å². The van der Waals surface area contributed by atoms with Gasteiger partial charge < -0.3 is 29.4 Å². The monoisotopic (exact) mass is 676 g/mol. The highest BCUT2D eigenvalue weighted by Gasteiger charge is 2.75. The second-order valence-corrected chi connectivity index (χ2v) is 13.3. The van der Waals surface area contributed by atoms with E-state index >= 15 is 4.79 Å². The molecule has 9 heteroatoms. The minimum absolute atomic E-state index is 0.206. The SMILES string of the molecule is C=CCN(C(=O)C1N([C@@H](CO)Cc2ccccc2)C(=O)[C@@H]2[C@@H](C(=O)N(CC=C)c3ccccc3)[C@H]3CCC12O3)c1ccc(N(CC)CC)cc1. The Morgan fingerprint density at radius 2 is 1.44 bits per heavy atom. The Balaban J connectivity index is 1.43. The van der Waals surface area contributed by atoms with Gasteiger partial charge in [-0.2, -0.15) is 0 Å². The van der Waals surface area contributed by atoms with Crippen LogP contribution in [0.15, 0.2) is 110 Å². The average molecular weight is 677 g/mol. The van der Waals surface area contributed by atoms with Crippen molar-refractivity contribution in [1.82, 2.24) is 4.90 Å². The number of nitrogens with zero attached hydrogens (tertiary/aromatic N) is 4. The first kappa shape index (κ1) is 35.1. The summed E-state index contributed by atoms with van der Waals surface area (Å²) in [4.78, 5) is 51.8. The van der Waals surface area contributed by atoms with Crippen LogP contribution in [0.4, 0.5) is 17.1 Å². The Bertz CT molecular complexity index is 1680. The Morgan fingerprint density at radius 1 is 0.880 bits per heavy atom. The second kappa shape index (κ2) is 15.0. The third-order valence-corrected chi connectivity index (χ3v) is 10.7. The van der Waals surface area contributed by atoms with Gasteiger partial charge in [-0.1, -0.05) is 60.7 Å². The quantitative estimate of drug-likeness (QED) is 0.221. The van der Waals surface area contributed by atoms with E-state index in [0.717, 1.165) is 24.3 Å². The van der Waals surface area contributed by atoms with Crippen LogP contribution in [0.25, 0.3) is 0 Å². The Labute approximate surface area is 295 Å². The number of hydrogen-bond acceptors (Lipinski definition) is 6. The lowest BCUT2D eigenvalue weighted by atomic mass is 9.70. The molecular weight excluding hydrogens is 628 g/mol. The van der Waals surface area contributed by atoms with Gasteiger partial charge >= 0.3 is 0 Å². The van der Waals surface area contributed by atoms with Crippen LogP contribution >= 0.6 is 0 Å². The number of fused-ring (bicyclic) bond motifs is 1. The Kier molecular flexibility index (Phi) is 10.6. The van der Waals surface area contributed by atoms with Gasteiger partial charge in [0.25, 0.3) is 5.91 Å². The third kappa shape index (κ3) is 6.13. The minimum atomic E-state index is -1.24. The van der Waals surface area contributed by atoms with Gasteiger partial charge in [0.2, 0.25) is 11.8 Å². The molecule has 0 aliphatic carbocycles. The normalized spacial score (nSPS) is 24.1. The van der Waals surface area contributed by atoms with Crippen LogP contribution in [0.5, 0.6) is 0 Å². The van der Waals surface area contributed by atoms with Crippen molar-refractivity contribution in [2.75, 3.05) is 47.5 Å². The highest BCUT2D eigenvalue weighted by Crippen LogP contribution is 2.59. The molecule has 0 aromatic heterocycles.